The molecule has 1 aromatic carbocycles. The number of phenols is 1. The number of rotatable bonds is 7. The second kappa shape index (κ2) is 7.71. The normalized spacial score (nSPS) is 10.6. The molecule has 128 valence electrons. The van der Waals surface area contributed by atoms with Gasteiger partial charge in [-0.15, -0.1) is 16.8 Å². The number of nitrogens with one attached hydrogen (secondary N) is 1. The van der Waals surface area contributed by atoms with Crippen molar-refractivity contribution in [2.75, 3.05) is 11.1 Å². The summed E-state index contributed by atoms with van der Waals surface area (Å²) in [4.78, 5) is 12.1. The summed E-state index contributed by atoms with van der Waals surface area (Å²) >= 11 is 1.27. The van der Waals surface area contributed by atoms with E-state index in [1.165, 1.54) is 23.9 Å². The standard InChI is InChI=1S/C17H16N4O3S/c1-2-9-21-16(14-4-3-10-24-14)19-20-17(21)25-11-15(23)18-12-5-7-13(22)8-6-12/h2-8,10,22H,1,9,11H2,(H,18,23). The van der Waals surface area contributed by atoms with Gasteiger partial charge in [0, 0.05) is 12.2 Å². The number of carbonyl (C=O) groups excluding carboxylic acids is 1. The zero-order chi connectivity index (χ0) is 17.6. The maximum Gasteiger partial charge on any atom is 0.234 e. The van der Waals surface area contributed by atoms with E-state index in [0.717, 1.165) is 0 Å². The van der Waals surface area contributed by atoms with Crippen molar-refractivity contribution in [2.24, 2.45) is 0 Å². The summed E-state index contributed by atoms with van der Waals surface area (Å²) in [6.07, 6.45) is 3.30. The lowest BCUT2D eigenvalue weighted by atomic mass is 10.3. The third-order valence-corrected chi connectivity index (χ3v) is 4.22. The summed E-state index contributed by atoms with van der Waals surface area (Å²) in [7, 11) is 0. The van der Waals surface area contributed by atoms with Crippen LogP contribution in [0.5, 0.6) is 5.75 Å². The highest BCUT2D eigenvalue weighted by atomic mass is 32.2. The van der Waals surface area contributed by atoms with Gasteiger partial charge in [-0.25, -0.2) is 0 Å². The van der Waals surface area contributed by atoms with Crippen LogP contribution in [0.25, 0.3) is 11.6 Å². The molecule has 0 saturated heterocycles. The Kier molecular flexibility index (Phi) is 5.20. The van der Waals surface area contributed by atoms with Gasteiger partial charge in [-0.1, -0.05) is 17.8 Å². The molecule has 3 rings (SSSR count). The molecule has 0 radical (unpaired) electrons. The first-order chi connectivity index (χ1) is 12.2. The zero-order valence-corrected chi connectivity index (χ0v) is 14.1. The fourth-order valence-electron chi connectivity index (χ4n) is 2.15. The number of aromatic nitrogens is 3. The molecule has 0 saturated carbocycles. The summed E-state index contributed by atoms with van der Waals surface area (Å²) in [5, 5.41) is 20.9. The molecule has 0 aliphatic rings. The Morgan fingerprint density at radius 3 is 2.80 bits per heavy atom. The Morgan fingerprint density at radius 2 is 2.12 bits per heavy atom. The minimum absolute atomic E-state index is 0.148. The molecule has 2 aromatic heterocycles. The average molecular weight is 356 g/mol. The Labute approximate surface area is 148 Å². The predicted octanol–water partition coefficient (Wildman–Crippen LogP) is 3.16. The minimum atomic E-state index is -0.177. The van der Waals surface area contributed by atoms with Gasteiger partial charge in [0.05, 0.1) is 12.0 Å². The zero-order valence-electron chi connectivity index (χ0n) is 13.3. The summed E-state index contributed by atoms with van der Waals surface area (Å²) in [6.45, 7) is 4.25. The van der Waals surface area contributed by atoms with Crippen molar-refractivity contribution in [1.82, 2.24) is 14.8 Å². The first-order valence-corrected chi connectivity index (χ1v) is 8.45. The fourth-order valence-corrected chi connectivity index (χ4v) is 2.90. The van der Waals surface area contributed by atoms with Crippen LogP contribution in [0.1, 0.15) is 0 Å². The molecule has 2 N–H and O–H groups in total. The van der Waals surface area contributed by atoms with Crippen molar-refractivity contribution in [3.8, 4) is 17.3 Å². The minimum Gasteiger partial charge on any atom is -0.508 e. The Morgan fingerprint density at radius 1 is 1.32 bits per heavy atom. The number of hydrogen-bond donors (Lipinski definition) is 2. The first-order valence-electron chi connectivity index (χ1n) is 7.47. The molecule has 0 spiro atoms. The van der Waals surface area contributed by atoms with Gasteiger partial charge in [-0.2, -0.15) is 0 Å². The van der Waals surface area contributed by atoms with E-state index < -0.39 is 0 Å². The van der Waals surface area contributed by atoms with Crippen LogP contribution in [0.4, 0.5) is 5.69 Å². The Bertz CT molecular complexity index is 857. The van der Waals surface area contributed by atoms with Crippen molar-refractivity contribution >= 4 is 23.4 Å². The molecule has 0 aliphatic heterocycles. The number of nitrogens with zero attached hydrogens (tertiary/aromatic N) is 3. The molecule has 25 heavy (non-hydrogen) atoms. The van der Waals surface area contributed by atoms with Crippen molar-refractivity contribution < 1.29 is 14.3 Å². The average Bonchev–Trinajstić information content (AvgIpc) is 3.25. The number of aromatic hydroxyl groups is 1. The third-order valence-electron chi connectivity index (χ3n) is 3.25. The summed E-state index contributed by atoms with van der Waals surface area (Å²) in [5.41, 5.74) is 0.618. The van der Waals surface area contributed by atoms with Crippen molar-refractivity contribution in [3.05, 3.63) is 55.3 Å². The van der Waals surface area contributed by atoms with Crippen LogP contribution in [-0.2, 0) is 11.3 Å². The summed E-state index contributed by atoms with van der Waals surface area (Å²) in [6, 6.07) is 9.87. The molecule has 2 heterocycles. The van der Waals surface area contributed by atoms with Crippen LogP contribution >= 0.6 is 11.8 Å². The van der Waals surface area contributed by atoms with Gasteiger partial charge in [-0.3, -0.25) is 9.36 Å². The lowest BCUT2D eigenvalue weighted by Gasteiger charge is -2.07. The first kappa shape index (κ1) is 16.8. The number of allylic oxidation sites excluding steroid dienone is 1. The van der Waals surface area contributed by atoms with Crippen LogP contribution < -0.4 is 5.32 Å². The van der Waals surface area contributed by atoms with E-state index >= 15 is 0 Å². The highest BCUT2D eigenvalue weighted by Crippen LogP contribution is 2.24. The third kappa shape index (κ3) is 4.10. The maximum atomic E-state index is 12.1. The van der Waals surface area contributed by atoms with E-state index in [0.29, 0.717) is 29.0 Å². The number of hydrogen-bond acceptors (Lipinski definition) is 6. The van der Waals surface area contributed by atoms with Gasteiger partial charge >= 0.3 is 0 Å². The van der Waals surface area contributed by atoms with Crippen LogP contribution in [0.3, 0.4) is 0 Å². The molecule has 0 aliphatic carbocycles. The van der Waals surface area contributed by atoms with Gasteiger partial charge in [0.1, 0.15) is 5.75 Å². The number of thioether (sulfide) groups is 1. The highest BCUT2D eigenvalue weighted by molar-refractivity contribution is 7.99. The van der Waals surface area contributed by atoms with Gasteiger partial charge in [-0.05, 0) is 36.4 Å². The molecule has 0 atom stereocenters. The van der Waals surface area contributed by atoms with Gasteiger partial charge in [0.2, 0.25) is 11.7 Å². The number of benzene rings is 1. The van der Waals surface area contributed by atoms with Crippen LogP contribution in [-0.4, -0.2) is 31.5 Å². The fraction of sp³-hybridized carbons (Fsp3) is 0.118. The quantitative estimate of drug-likeness (QED) is 0.384. The van der Waals surface area contributed by atoms with Crippen LogP contribution in [0.2, 0.25) is 0 Å². The molecule has 7 nitrogen and oxygen atoms in total. The predicted molar refractivity (Wildman–Crippen MR) is 95.4 cm³/mol. The van der Waals surface area contributed by atoms with E-state index in [1.807, 2.05) is 4.57 Å². The Hall–Kier alpha value is -3.00. The smallest absolute Gasteiger partial charge is 0.234 e. The van der Waals surface area contributed by atoms with E-state index in [9.17, 15) is 9.90 Å². The second-order valence-electron chi connectivity index (χ2n) is 5.07. The molecule has 8 heteroatoms. The molecule has 0 bridgehead atoms. The van der Waals surface area contributed by atoms with E-state index in [4.69, 9.17) is 4.42 Å². The molecular weight excluding hydrogens is 340 g/mol. The number of amides is 1. The van der Waals surface area contributed by atoms with E-state index in [1.54, 1.807) is 36.6 Å². The maximum absolute atomic E-state index is 12.1. The van der Waals surface area contributed by atoms with Gasteiger partial charge in [0.25, 0.3) is 0 Å². The molecule has 0 fully saturated rings. The highest BCUT2D eigenvalue weighted by Gasteiger charge is 2.16. The van der Waals surface area contributed by atoms with Gasteiger partial charge < -0.3 is 14.8 Å². The summed E-state index contributed by atoms with van der Waals surface area (Å²) in [5.74, 6) is 1.34. The topological polar surface area (TPSA) is 93.2 Å². The number of furan rings is 1. The van der Waals surface area contributed by atoms with Crippen molar-refractivity contribution in [3.63, 3.8) is 0 Å². The lowest BCUT2D eigenvalue weighted by Crippen LogP contribution is -2.14. The van der Waals surface area contributed by atoms with Crippen LogP contribution in [0.15, 0.2) is 64.9 Å². The van der Waals surface area contributed by atoms with Gasteiger partial charge in [0.15, 0.2) is 10.9 Å². The second-order valence-corrected chi connectivity index (χ2v) is 6.01. The number of anilines is 1. The molecule has 3 aromatic rings. The number of carbonyl (C=O) groups is 1. The lowest BCUT2D eigenvalue weighted by molar-refractivity contribution is -0.113. The van der Waals surface area contributed by atoms with E-state index in [2.05, 4.69) is 22.1 Å². The monoisotopic (exact) mass is 356 g/mol. The SMILES string of the molecule is C=CCn1c(SCC(=O)Nc2ccc(O)cc2)nnc1-c1ccco1. The van der Waals surface area contributed by atoms with Crippen LogP contribution in [0, 0.1) is 0 Å². The van der Waals surface area contributed by atoms with Crippen molar-refractivity contribution in [1.29, 1.82) is 0 Å². The number of phenolic OH excluding ortho intramolecular Hbond substituents is 1. The van der Waals surface area contributed by atoms with E-state index in [-0.39, 0.29) is 17.4 Å². The molecular formula is C17H16N4O3S. The largest absolute Gasteiger partial charge is 0.508 e. The Balaban J connectivity index is 1.67. The molecule has 0 unspecified atom stereocenters. The van der Waals surface area contributed by atoms with Crippen molar-refractivity contribution in [2.45, 2.75) is 11.7 Å². The summed E-state index contributed by atoms with van der Waals surface area (Å²) < 4.78 is 7.21. The molecule has 1 amide bonds.